The van der Waals surface area contributed by atoms with Gasteiger partial charge in [0.15, 0.2) is 11.5 Å². The Labute approximate surface area is 123 Å². The van der Waals surface area contributed by atoms with E-state index in [-0.39, 0.29) is 23.6 Å². The smallest absolute Gasteiger partial charge is 0.286 e. The van der Waals surface area contributed by atoms with Crippen LogP contribution in [0.5, 0.6) is 0 Å². The third kappa shape index (κ3) is 3.01. The first kappa shape index (κ1) is 15.4. The van der Waals surface area contributed by atoms with Crippen molar-refractivity contribution in [2.45, 2.75) is 6.54 Å². The van der Waals surface area contributed by atoms with Crippen molar-refractivity contribution < 1.29 is 13.6 Å². The number of carbonyl (C=O) groups excluding carboxylic acids is 1. The van der Waals surface area contributed by atoms with Crippen molar-refractivity contribution in [3.8, 4) is 6.07 Å². The van der Waals surface area contributed by atoms with Crippen LogP contribution in [0.15, 0.2) is 23.1 Å². The highest BCUT2D eigenvalue weighted by Gasteiger charge is 2.15. The van der Waals surface area contributed by atoms with Gasteiger partial charge in [0.2, 0.25) is 0 Å². The molecule has 22 heavy (non-hydrogen) atoms. The Morgan fingerprint density at radius 3 is 2.82 bits per heavy atom. The molecular formula is C13H11F2N5O2. The van der Waals surface area contributed by atoms with Crippen LogP contribution in [0.4, 0.5) is 14.5 Å². The van der Waals surface area contributed by atoms with Gasteiger partial charge in [0.1, 0.15) is 18.4 Å². The van der Waals surface area contributed by atoms with Gasteiger partial charge in [-0.3, -0.25) is 14.3 Å². The van der Waals surface area contributed by atoms with Gasteiger partial charge in [-0.2, -0.15) is 10.4 Å². The standard InChI is InChI=1S/C13H11F2N5O2/c1-19-11(5-8(6-16)18-19)12(21)17-9-4-10(15)13(22)20(7-9)3-2-14/h4-5,7H,2-3H2,1H3,(H,17,21). The number of aromatic nitrogens is 3. The molecule has 114 valence electrons. The number of halogens is 2. The normalized spacial score (nSPS) is 10.3. The molecule has 7 nitrogen and oxygen atoms in total. The summed E-state index contributed by atoms with van der Waals surface area (Å²) in [6, 6.07) is 3.90. The number of rotatable bonds is 4. The van der Waals surface area contributed by atoms with Gasteiger partial charge < -0.3 is 9.88 Å². The first-order valence-corrected chi connectivity index (χ1v) is 6.17. The van der Waals surface area contributed by atoms with Crippen LogP contribution in [-0.4, -0.2) is 26.9 Å². The van der Waals surface area contributed by atoms with Crippen molar-refractivity contribution in [2.75, 3.05) is 12.0 Å². The summed E-state index contributed by atoms with van der Waals surface area (Å²) in [5.74, 6) is -1.74. The molecule has 9 heteroatoms. The Bertz CT molecular complexity index is 819. The molecule has 0 unspecified atom stereocenters. The average molecular weight is 307 g/mol. The monoisotopic (exact) mass is 307 g/mol. The first-order chi connectivity index (χ1) is 10.5. The molecule has 0 bridgehead atoms. The zero-order valence-corrected chi connectivity index (χ0v) is 11.5. The van der Waals surface area contributed by atoms with E-state index in [1.165, 1.54) is 17.8 Å². The summed E-state index contributed by atoms with van der Waals surface area (Å²) in [7, 11) is 1.47. The maximum Gasteiger partial charge on any atom is 0.286 e. The highest BCUT2D eigenvalue weighted by molar-refractivity contribution is 6.03. The molecule has 0 saturated heterocycles. The van der Waals surface area contributed by atoms with E-state index in [4.69, 9.17) is 5.26 Å². The van der Waals surface area contributed by atoms with Crippen LogP contribution in [0.1, 0.15) is 16.2 Å². The second-order valence-corrected chi connectivity index (χ2v) is 4.37. The number of nitrogens with zero attached hydrogens (tertiary/aromatic N) is 4. The van der Waals surface area contributed by atoms with Crippen LogP contribution in [0.25, 0.3) is 0 Å². The SMILES string of the molecule is Cn1nc(C#N)cc1C(=O)Nc1cc(F)c(=O)n(CCF)c1. The van der Waals surface area contributed by atoms with Crippen LogP contribution in [0, 0.1) is 17.1 Å². The lowest BCUT2D eigenvalue weighted by Crippen LogP contribution is -2.25. The zero-order chi connectivity index (χ0) is 16.3. The first-order valence-electron chi connectivity index (χ1n) is 6.17. The third-order valence-electron chi connectivity index (χ3n) is 2.85. The van der Waals surface area contributed by atoms with E-state index in [1.807, 2.05) is 0 Å². The predicted octanol–water partition coefficient (Wildman–Crippen LogP) is 0.814. The molecule has 2 rings (SSSR count). The third-order valence-corrected chi connectivity index (χ3v) is 2.85. The van der Waals surface area contributed by atoms with E-state index in [0.29, 0.717) is 0 Å². The molecule has 0 aliphatic carbocycles. The number of anilines is 1. The van der Waals surface area contributed by atoms with Gasteiger partial charge in [-0.1, -0.05) is 0 Å². The Morgan fingerprint density at radius 1 is 1.50 bits per heavy atom. The maximum absolute atomic E-state index is 13.5. The van der Waals surface area contributed by atoms with Gasteiger partial charge in [-0.05, 0) is 0 Å². The summed E-state index contributed by atoms with van der Waals surface area (Å²) in [6.07, 6.45) is 1.14. The number of nitrogens with one attached hydrogen (secondary N) is 1. The fourth-order valence-corrected chi connectivity index (χ4v) is 1.85. The molecule has 1 amide bonds. The molecule has 0 atom stereocenters. The van der Waals surface area contributed by atoms with Gasteiger partial charge in [-0.25, -0.2) is 8.78 Å². The molecule has 2 aromatic rings. The van der Waals surface area contributed by atoms with Crippen molar-refractivity contribution in [3.05, 3.63) is 45.9 Å². The van der Waals surface area contributed by atoms with Crippen molar-refractivity contribution >= 4 is 11.6 Å². The van der Waals surface area contributed by atoms with Gasteiger partial charge >= 0.3 is 0 Å². The second-order valence-electron chi connectivity index (χ2n) is 4.37. The van der Waals surface area contributed by atoms with Crippen molar-refractivity contribution in [2.24, 2.45) is 7.05 Å². The molecular weight excluding hydrogens is 296 g/mol. The van der Waals surface area contributed by atoms with E-state index >= 15 is 0 Å². The topological polar surface area (TPSA) is 92.7 Å². The minimum Gasteiger partial charge on any atom is -0.319 e. The van der Waals surface area contributed by atoms with Crippen LogP contribution in [0.2, 0.25) is 0 Å². The molecule has 2 heterocycles. The van der Waals surface area contributed by atoms with Crippen molar-refractivity contribution in [3.63, 3.8) is 0 Å². The molecule has 0 saturated carbocycles. The van der Waals surface area contributed by atoms with Gasteiger partial charge in [0, 0.05) is 25.4 Å². The lowest BCUT2D eigenvalue weighted by molar-refractivity contribution is 0.101. The van der Waals surface area contributed by atoms with E-state index in [0.717, 1.165) is 16.8 Å². The zero-order valence-electron chi connectivity index (χ0n) is 11.5. The Balaban J connectivity index is 2.30. The molecule has 0 spiro atoms. The van der Waals surface area contributed by atoms with Crippen molar-refractivity contribution in [1.82, 2.24) is 14.3 Å². The minimum absolute atomic E-state index is 0.00439. The van der Waals surface area contributed by atoms with Crippen LogP contribution in [0.3, 0.4) is 0 Å². The summed E-state index contributed by atoms with van der Waals surface area (Å²) in [5, 5.41) is 14.9. The molecule has 2 aromatic heterocycles. The van der Waals surface area contributed by atoms with E-state index in [2.05, 4.69) is 10.4 Å². The highest BCUT2D eigenvalue weighted by atomic mass is 19.1. The molecule has 0 aromatic carbocycles. The van der Waals surface area contributed by atoms with Crippen molar-refractivity contribution in [1.29, 1.82) is 5.26 Å². The summed E-state index contributed by atoms with van der Waals surface area (Å²) >= 11 is 0. The number of hydrogen-bond donors (Lipinski definition) is 1. The molecule has 0 fully saturated rings. The summed E-state index contributed by atoms with van der Waals surface area (Å²) in [5.41, 5.74) is -0.834. The molecule has 0 aliphatic rings. The average Bonchev–Trinajstić information content (AvgIpc) is 2.85. The van der Waals surface area contributed by atoms with E-state index in [9.17, 15) is 18.4 Å². The number of nitriles is 1. The van der Waals surface area contributed by atoms with Crippen LogP contribution < -0.4 is 10.9 Å². The molecule has 0 aliphatic heterocycles. The van der Waals surface area contributed by atoms with Crippen LogP contribution in [-0.2, 0) is 13.6 Å². The largest absolute Gasteiger partial charge is 0.319 e. The van der Waals surface area contributed by atoms with E-state index in [1.54, 1.807) is 6.07 Å². The highest BCUT2D eigenvalue weighted by Crippen LogP contribution is 2.10. The van der Waals surface area contributed by atoms with Gasteiger partial charge in [0.05, 0.1) is 12.2 Å². The lowest BCUT2D eigenvalue weighted by Gasteiger charge is -2.09. The number of hydrogen-bond acceptors (Lipinski definition) is 4. The number of amides is 1. The Hall–Kier alpha value is -3.02. The number of aryl methyl sites for hydroxylation is 2. The maximum atomic E-state index is 13.5. The Kier molecular flexibility index (Phi) is 4.31. The summed E-state index contributed by atoms with van der Waals surface area (Å²) < 4.78 is 27.8. The van der Waals surface area contributed by atoms with Crippen LogP contribution >= 0.6 is 0 Å². The quantitative estimate of drug-likeness (QED) is 0.905. The fraction of sp³-hybridized carbons (Fsp3) is 0.231. The minimum atomic E-state index is -1.10. The summed E-state index contributed by atoms with van der Waals surface area (Å²) in [4.78, 5) is 23.5. The lowest BCUT2D eigenvalue weighted by atomic mass is 10.3. The van der Waals surface area contributed by atoms with Gasteiger partial charge in [0.25, 0.3) is 11.5 Å². The summed E-state index contributed by atoms with van der Waals surface area (Å²) in [6.45, 7) is -1.16. The number of alkyl halides is 1. The fourth-order valence-electron chi connectivity index (χ4n) is 1.85. The van der Waals surface area contributed by atoms with Gasteiger partial charge in [-0.15, -0.1) is 0 Å². The predicted molar refractivity (Wildman–Crippen MR) is 72.5 cm³/mol. The second kappa shape index (κ2) is 6.17. The van der Waals surface area contributed by atoms with E-state index < -0.39 is 24.0 Å². The number of pyridine rings is 1. The molecule has 1 N–H and O–H groups in total. The molecule has 0 radical (unpaired) electrons. The Morgan fingerprint density at radius 2 is 2.23 bits per heavy atom. The number of carbonyl (C=O) groups is 1.